The first kappa shape index (κ1) is 18.9. The molecule has 2 aromatic heterocycles. The van der Waals surface area contributed by atoms with Gasteiger partial charge in [0.25, 0.3) is 0 Å². The van der Waals surface area contributed by atoms with Crippen LogP contribution in [0.1, 0.15) is 30.7 Å². The first-order valence-corrected chi connectivity index (χ1v) is 9.02. The summed E-state index contributed by atoms with van der Waals surface area (Å²) >= 11 is 0. The van der Waals surface area contributed by atoms with E-state index in [0.717, 1.165) is 11.4 Å². The zero-order chi connectivity index (χ0) is 19.1. The van der Waals surface area contributed by atoms with Crippen LogP contribution in [0.5, 0.6) is 0 Å². The zero-order valence-corrected chi connectivity index (χ0v) is 14.9. The van der Waals surface area contributed by atoms with E-state index in [2.05, 4.69) is 25.6 Å². The molecule has 0 unspecified atom stereocenters. The van der Waals surface area contributed by atoms with Gasteiger partial charge < -0.3 is 15.7 Å². The molecule has 0 aliphatic heterocycles. The van der Waals surface area contributed by atoms with E-state index in [-0.39, 0.29) is 24.2 Å². The minimum absolute atomic E-state index is 0.129. The Morgan fingerprint density at radius 3 is 2.70 bits per heavy atom. The van der Waals surface area contributed by atoms with E-state index in [9.17, 15) is 14.7 Å². The van der Waals surface area contributed by atoms with Gasteiger partial charge in [-0.2, -0.15) is 0 Å². The highest BCUT2D eigenvalue weighted by Gasteiger charge is 2.37. The molecule has 1 saturated carbocycles. The quantitative estimate of drug-likeness (QED) is 0.649. The fourth-order valence-corrected chi connectivity index (χ4v) is 3.19. The second-order valence-corrected chi connectivity index (χ2v) is 6.65. The molecular weight excluding hydrogens is 346 g/mol. The van der Waals surface area contributed by atoms with E-state index in [4.69, 9.17) is 0 Å². The zero-order valence-electron chi connectivity index (χ0n) is 14.9. The standard InChI is InChI=1S/C19H23N5O3/c25-17-10-13(19(27)23-12-14-3-1-2-6-21-14)9-16(17)24-18(26)5-4-15-11-20-7-8-22-15/h1-3,6-8,11,13,16-17,25H,4-5,9-10,12H2,(H,23,27)(H,24,26)/t13-,16+,17+/m0/s1. The summed E-state index contributed by atoms with van der Waals surface area (Å²) in [6.07, 6.45) is 7.24. The monoisotopic (exact) mass is 369 g/mol. The van der Waals surface area contributed by atoms with E-state index in [1.165, 1.54) is 0 Å². The van der Waals surface area contributed by atoms with Crippen LogP contribution in [0.4, 0.5) is 0 Å². The van der Waals surface area contributed by atoms with Crippen molar-refractivity contribution in [3.63, 3.8) is 0 Å². The topological polar surface area (TPSA) is 117 Å². The number of carbonyl (C=O) groups excluding carboxylic acids is 2. The van der Waals surface area contributed by atoms with Crippen LogP contribution in [-0.4, -0.2) is 44.0 Å². The first-order chi connectivity index (χ1) is 13.1. The van der Waals surface area contributed by atoms with Crippen LogP contribution in [0, 0.1) is 5.92 Å². The first-order valence-electron chi connectivity index (χ1n) is 9.02. The average Bonchev–Trinajstić information content (AvgIpc) is 3.06. The molecule has 8 heteroatoms. The Hall–Kier alpha value is -2.87. The molecule has 0 saturated heterocycles. The molecule has 0 spiro atoms. The number of hydrogen-bond acceptors (Lipinski definition) is 6. The minimum atomic E-state index is -0.726. The van der Waals surface area contributed by atoms with Gasteiger partial charge in [0.2, 0.25) is 11.8 Å². The number of aliphatic hydroxyl groups is 1. The van der Waals surface area contributed by atoms with Crippen LogP contribution >= 0.6 is 0 Å². The molecule has 142 valence electrons. The second kappa shape index (κ2) is 9.18. The van der Waals surface area contributed by atoms with Crippen LogP contribution < -0.4 is 10.6 Å². The molecule has 1 aliphatic carbocycles. The lowest BCUT2D eigenvalue weighted by Gasteiger charge is -2.16. The molecule has 2 amide bonds. The van der Waals surface area contributed by atoms with Crippen molar-refractivity contribution < 1.29 is 14.7 Å². The summed E-state index contributed by atoms with van der Waals surface area (Å²) in [4.78, 5) is 36.7. The van der Waals surface area contributed by atoms with Gasteiger partial charge >= 0.3 is 0 Å². The van der Waals surface area contributed by atoms with Crippen molar-refractivity contribution in [3.8, 4) is 0 Å². The lowest BCUT2D eigenvalue weighted by Crippen LogP contribution is -2.40. The molecule has 0 radical (unpaired) electrons. The fourth-order valence-electron chi connectivity index (χ4n) is 3.19. The summed E-state index contributed by atoms with van der Waals surface area (Å²) in [7, 11) is 0. The molecule has 0 aromatic carbocycles. The van der Waals surface area contributed by atoms with Gasteiger partial charge in [0.15, 0.2) is 0 Å². The third-order valence-electron chi connectivity index (χ3n) is 4.64. The van der Waals surface area contributed by atoms with Crippen molar-refractivity contribution in [2.45, 2.75) is 44.4 Å². The smallest absolute Gasteiger partial charge is 0.223 e. The van der Waals surface area contributed by atoms with Gasteiger partial charge in [-0.3, -0.25) is 24.5 Å². The van der Waals surface area contributed by atoms with Crippen molar-refractivity contribution >= 4 is 11.8 Å². The summed E-state index contributed by atoms with van der Waals surface area (Å²) in [6, 6.07) is 5.10. The lowest BCUT2D eigenvalue weighted by molar-refractivity contribution is -0.125. The highest BCUT2D eigenvalue weighted by atomic mass is 16.3. The molecule has 0 bridgehead atoms. The number of carbonyl (C=O) groups is 2. The number of nitrogens with one attached hydrogen (secondary N) is 2. The van der Waals surface area contributed by atoms with E-state index in [1.807, 2.05) is 18.2 Å². The summed E-state index contributed by atoms with van der Waals surface area (Å²) in [5.74, 6) is -0.621. The van der Waals surface area contributed by atoms with Crippen molar-refractivity contribution in [1.29, 1.82) is 0 Å². The van der Waals surface area contributed by atoms with Crippen molar-refractivity contribution in [3.05, 3.63) is 54.4 Å². The van der Waals surface area contributed by atoms with Gasteiger partial charge in [-0.15, -0.1) is 0 Å². The van der Waals surface area contributed by atoms with Crippen molar-refractivity contribution in [2.75, 3.05) is 0 Å². The highest BCUT2D eigenvalue weighted by molar-refractivity contribution is 5.80. The number of amides is 2. The Bertz CT molecular complexity index is 756. The number of aromatic nitrogens is 3. The molecule has 2 heterocycles. The number of hydrogen-bond donors (Lipinski definition) is 3. The summed E-state index contributed by atoms with van der Waals surface area (Å²) in [5.41, 5.74) is 1.52. The van der Waals surface area contributed by atoms with E-state index in [1.54, 1.807) is 24.8 Å². The van der Waals surface area contributed by atoms with E-state index in [0.29, 0.717) is 25.8 Å². The summed E-state index contributed by atoms with van der Waals surface area (Å²) in [6.45, 7) is 0.349. The number of nitrogens with zero attached hydrogens (tertiary/aromatic N) is 3. The van der Waals surface area contributed by atoms with Gasteiger partial charge in [-0.25, -0.2) is 0 Å². The van der Waals surface area contributed by atoms with Crippen molar-refractivity contribution in [1.82, 2.24) is 25.6 Å². The number of aryl methyl sites for hydroxylation is 1. The van der Waals surface area contributed by atoms with Gasteiger partial charge in [-0.05, 0) is 31.4 Å². The van der Waals surface area contributed by atoms with Gasteiger partial charge in [0.05, 0.1) is 30.1 Å². The predicted molar refractivity (Wildman–Crippen MR) is 97.1 cm³/mol. The summed E-state index contributed by atoms with van der Waals surface area (Å²) < 4.78 is 0. The van der Waals surface area contributed by atoms with E-state index >= 15 is 0 Å². The number of rotatable bonds is 7. The Labute approximate surface area is 157 Å². The van der Waals surface area contributed by atoms with Crippen LogP contribution in [-0.2, 0) is 22.6 Å². The summed E-state index contributed by atoms with van der Waals surface area (Å²) in [5, 5.41) is 15.9. The highest BCUT2D eigenvalue weighted by Crippen LogP contribution is 2.26. The van der Waals surface area contributed by atoms with Crippen LogP contribution in [0.3, 0.4) is 0 Å². The average molecular weight is 369 g/mol. The Morgan fingerprint density at radius 1 is 1.11 bits per heavy atom. The van der Waals surface area contributed by atoms with Crippen LogP contribution in [0.25, 0.3) is 0 Å². The molecule has 2 aromatic rings. The fraction of sp³-hybridized carbons (Fsp3) is 0.421. The Balaban J connectivity index is 1.43. The number of aliphatic hydroxyl groups excluding tert-OH is 1. The lowest BCUT2D eigenvalue weighted by atomic mass is 10.1. The third-order valence-corrected chi connectivity index (χ3v) is 4.64. The largest absolute Gasteiger partial charge is 0.391 e. The third kappa shape index (κ3) is 5.55. The maximum Gasteiger partial charge on any atom is 0.223 e. The molecule has 8 nitrogen and oxygen atoms in total. The molecular formula is C19H23N5O3. The maximum absolute atomic E-state index is 12.3. The number of pyridine rings is 1. The molecule has 1 aliphatic rings. The Kier molecular flexibility index (Phi) is 6.43. The van der Waals surface area contributed by atoms with Gasteiger partial charge in [-0.1, -0.05) is 6.07 Å². The molecule has 27 heavy (non-hydrogen) atoms. The minimum Gasteiger partial charge on any atom is -0.391 e. The van der Waals surface area contributed by atoms with Crippen LogP contribution in [0.2, 0.25) is 0 Å². The molecule has 3 atom stereocenters. The van der Waals surface area contributed by atoms with Crippen LogP contribution in [0.15, 0.2) is 43.0 Å². The second-order valence-electron chi connectivity index (χ2n) is 6.65. The van der Waals surface area contributed by atoms with Gasteiger partial charge in [0.1, 0.15) is 0 Å². The van der Waals surface area contributed by atoms with Gasteiger partial charge in [0, 0.05) is 37.1 Å². The SMILES string of the molecule is O=C(CCc1cnccn1)N[C@@H]1C[C@H](C(=O)NCc2ccccn2)C[C@H]1O. The molecule has 3 rings (SSSR count). The predicted octanol–water partition coefficient (Wildman–Crippen LogP) is 0.376. The molecule has 1 fully saturated rings. The van der Waals surface area contributed by atoms with Crippen molar-refractivity contribution in [2.24, 2.45) is 5.92 Å². The Morgan fingerprint density at radius 2 is 1.96 bits per heavy atom. The maximum atomic E-state index is 12.3. The molecule has 3 N–H and O–H groups in total. The normalized spacial score (nSPS) is 21.6. The van der Waals surface area contributed by atoms with E-state index < -0.39 is 12.1 Å².